The monoisotopic (exact) mass is 394 g/mol. The van der Waals surface area contributed by atoms with Crippen LogP contribution >= 0.6 is 0 Å². The summed E-state index contributed by atoms with van der Waals surface area (Å²) < 4.78 is 1.55. The molecular formula is C23H26N2O4. The quantitative estimate of drug-likeness (QED) is 0.618. The van der Waals surface area contributed by atoms with Crippen LogP contribution in [0.2, 0.25) is 0 Å². The number of rotatable bonds is 5. The normalized spacial score (nSPS) is 10.4. The molecule has 2 aromatic carbocycles. The van der Waals surface area contributed by atoms with Crippen molar-refractivity contribution in [3.8, 4) is 17.0 Å². The average molecular weight is 394 g/mol. The lowest BCUT2D eigenvalue weighted by atomic mass is 10.0. The van der Waals surface area contributed by atoms with Crippen molar-refractivity contribution in [3.05, 3.63) is 71.4 Å². The molecule has 3 aromatic rings. The number of aromatic hydroxyl groups is 1. The molecule has 6 nitrogen and oxygen atoms in total. The van der Waals surface area contributed by atoms with E-state index in [0.29, 0.717) is 17.2 Å². The molecule has 0 spiro atoms. The molecule has 0 bridgehead atoms. The maximum atomic E-state index is 11.4. The van der Waals surface area contributed by atoms with E-state index in [2.05, 4.69) is 31.1 Å². The van der Waals surface area contributed by atoms with Crippen molar-refractivity contribution < 1.29 is 19.8 Å². The average Bonchev–Trinajstić information content (AvgIpc) is 2.98. The van der Waals surface area contributed by atoms with Crippen LogP contribution in [-0.2, 0) is 13.5 Å². The molecule has 0 amide bonds. The molecule has 0 unspecified atom stereocenters. The second kappa shape index (κ2) is 9.68. The summed E-state index contributed by atoms with van der Waals surface area (Å²) in [5.74, 6) is -0.553. The van der Waals surface area contributed by atoms with Crippen molar-refractivity contribution in [3.63, 3.8) is 0 Å². The first-order chi connectivity index (χ1) is 13.7. The third-order valence-electron chi connectivity index (χ3n) is 4.25. The molecule has 0 radical (unpaired) electrons. The van der Waals surface area contributed by atoms with Gasteiger partial charge in [0.05, 0.1) is 5.56 Å². The molecule has 152 valence electrons. The van der Waals surface area contributed by atoms with Crippen molar-refractivity contribution in [2.45, 2.75) is 27.2 Å². The molecule has 0 saturated heterocycles. The Kier molecular flexibility index (Phi) is 7.31. The van der Waals surface area contributed by atoms with Crippen molar-refractivity contribution in [2.24, 2.45) is 13.0 Å². The van der Waals surface area contributed by atoms with Gasteiger partial charge in [0.2, 0.25) is 0 Å². The molecule has 1 aromatic heterocycles. The van der Waals surface area contributed by atoms with Crippen LogP contribution in [0.25, 0.3) is 11.3 Å². The van der Waals surface area contributed by atoms with Gasteiger partial charge in [-0.15, -0.1) is 0 Å². The van der Waals surface area contributed by atoms with Crippen molar-refractivity contribution in [1.29, 1.82) is 0 Å². The van der Waals surface area contributed by atoms with E-state index < -0.39 is 5.97 Å². The molecule has 0 aliphatic rings. The molecule has 0 fully saturated rings. The van der Waals surface area contributed by atoms with Gasteiger partial charge in [0.1, 0.15) is 5.69 Å². The first-order valence-corrected chi connectivity index (χ1v) is 9.35. The number of carboxylic acids is 1. The van der Waals surface area contributed by atoms with Gasteiger partial charge in [0.25, 0.3) is 0 Å². The summed E-state index contributed by atoms with van der Waals surface area (Å²) in [6, 6.07) is 16.3. The summed E-state index contributed by atoms with van der Waals surface area (Å²) in [6.45, 7) is 5.76. The van der Waals surface area contributed by atoms with E-state index in [1.165, 1.54) is 12.5 Å². The number of Topliss-reactive ketones (excluding diaryl/α,β-unsaturated/α-hetero) is 1. The number of hydrogen-bond acceptors (Lipinski definition) is 4. The summed E-state index contributed by atoms with van der Waals surface area (Å²) in [6.07, 6.45) is 1.02. The molecular weight excluding hydrogens is 368 g/mol. The highest BCUT2D eigenvalue weighted by molar-refractivity contribution is 5.97. The van der Waals surface area contributed by atoms with Crippen LogP contribution in [0.1, 0.15) is 47.2 Å². The first-order valence-electron chi connectivity index (χ1n) is 9.35. The number of nitrogens with zero attached hydrogens (tertiary/aromatic N) is 2. The molecule has 0 saturated carbocycles. The zero-order valence-electron chi connectivity index (χ0n) is 17.1. The van der Waals surface area contributed by atoms with Crippen LogP contribution in [-0.4, -0.2) is 31.7 Å². The second-order valence-corrected chi connectivity index (χ2v) is 7.19. The Morgan fingerprint density at radius 3 is 2.03 bits per heavy atom. The summed E-state index contributed by atoms with van der Waals surface area (Å²) in [4.78, 5) is 21.6. The number of carbonyl (C=O) groups is 2. The molecule has 0 atom stereocenters. The summed E-state index contributed by atoms with van der Waals surface area (Å²) in [5.41, 5.74) is 3.15. The molecule has 2 N–H and O–H groups in total. The lowest BCUT2D eigenvalue weighted by Gasteiger charge is -2.07. The second-order valence-electron chi connectivity index (χ2n) is 7.19. The lowest BCUT2D eigenvalue weighted by Crippen LogP contribution is -1.97. The standard InChI is InChI=1S/C16H20N2O2.C7H6O2/c1-10(2)9-12-5-7-13(8-6-12)15-16(20)14(11(3)19)17-18(15)4;8-7(9)6-4-2-1-3-5-6/h5-8,10,20H,9H2,1-4H3;1-5H,(H,8,9). The van der Waals surface area contributed by atoms with E-state index in [9.17, 15) is 14.7 Å². The van der Waals surface area contributed by atoms with Crippen LogP contribution in [0, 0.1) is 5.92 Å². The molecule has 3 rings (SSSR count). The minimum absolute atomic E-state index is 0.0448. The number of carbonyl (C=O) groups excluding carboxylic acids is 1. The van der Waals surface area contributed by atoms with E-state index in [4.69, 9.17) is 5.11 Å². The summed E-state index contributed by atoms with van der Waals surface area (Å²) in [7, 11) is 1.73. The number of carboxylic acid groups (broad SMARTS) is 1. The van der Waals surface area contributed by atoms with E-state index in [1.54, 1.807) is 42.1 Å². The largest absolute Gasteiger partial charge is 0.504 e. The SMILES string of the molecule is CC(=O)c1nn(C)c(-c2ccc(CC(C)C)cc2)c1O.O=C(O)c1ccccc1. The predicted molar refractivity (Wildman–Crippen MR) is 112 cm³/mol. The Morgan fingerprint density at radius 1 is 1.03 bits per heavy atom. The van der Waals surface area contributed by atoms with Gasteiger partial charge in [-0.3, -0.25) is 9.48 Å². The lowest BCUT2D eigenvalue weighted by molar-refractivity contribution is 0.0696. The van der Waals surface area contributed by atoms with Crippen LogP contribution in [0.4, 0.5) is 0 Å². The number of aromatic nitrogens is 2. The van der Waals surface area contributed by atoms with Crippen LogP contribution in [0.3, 0.4) is 0 Å². The van der Waals surface area contributed by atoms with Gasteiger partial charge >= 0.3 is 5.97 Å². The van der Waals surface area contributed by atoms with E-state index in [1.807, 2.05) is 12.1 Å². The molecule has 1 heterocycles. The number of hydrogen-bond donors (Lipinski definition) is 2. The molecule has 0 aliphatic heterocycles. The van der Waals surface area contributed by atoms with Gasteiger partial charge in [-0.1, -0.05) is 56.3 Å². The molecule has 6 heteroatoms. The minimum Gasteiger partial charge on any atom is -0.504 e. The maximum absolute atomic E-state index is 11.4. The van der Waals surface area contributed by atoms with Gasteiger partial charge in [-0.25, -0.2) is 4.79 Å². The van der Waals surface area contributed by atoms with Gasteiger partial charge in [-0.2, -0.15) is 5.10 Å². The first kappa shape index (κ1) is 21.9. The fourth-order valence-electron chi connectivity index (χ4n) is 2.92. The van der Waals surface area contributed by atoms with Gasteiger partial charge < -0.3 is 10.2 Å². The highest BCUT2D eigenvalue weighted by Gasteiger charge is 2.19. The molecule has 29 heavy (non-hydrogen) atoms. The highest BCUT2D eigenvalue weighted by atomic mass is 16.4. The summed E-state index contributed by atoms with van der Waals surface area (Å²) >= 11 is 0. The van der Waals surface area contributed by atoms with Crippen LogP contribution in [0.15, 0.2) is 54.6 Å². The van der Waals surface area contributed by atoms with E-state index in [-0.39, 0.29) is 17.2 Å². The van der Waals surface area contributed by atoms with Crippen LogP contribution < -0.4 is 0 Å². The van der Waals surface area contributed by atoms with E-state index >= 15 is 0 Å². The zero-order valence-corrected chi connectivity index (χ0v) is 17.1. The van der Waals surface area contributed by atoms with Crippen molar-refractivity contribution in [2.75, 3.05) is 0 Å². The zero-order chi connectivity index (χ0) is 21.6. The molecule has 0 aliphatic carbocycles. The highest BCUT2D eigenvalue weighted by Crippen LogP contribution is 2.32. The number of aromatic carboxylic acids is 1. The predicted octanol–water partition coefficient (Wildman–Crippen LogP) is 4.58. The number of benzene rings is 2. The van der Waals surface area contributed by atoms with Gasteiger partial charge in [-0.05, 0) is 30.0 Å². The van der Waals surface area contributed by atoms with Crippen molar-refractivity contribution in [1.82, 2.24) is 9.78 Å². The summed E-state index contributed by atoms with van der Waals surface area (Å²) in [5, 5.41) is 22.6. The Labute approximate surface area is 170 Å². The third kappa shape index (κ3) is 5.78. The Balaban J connectivity index is 0.000000278. The Hall–Kier alpha value is -3.41. The maximum Gasteiger partial charge on any atom is 0.335 e. The third-order valence-corrected chi connectivity index (χ3v) is 4.25. The topological polar surface area (TPSA) is 92.4 Å². The fourth-order valence-corrected chi connectivity index (χ4v) is 2.92. The number of ketones is 1. The fraction of sp³-hybridized carbons (Fsp3) is 0.261. The minimum atomic E-state index is -0.879. The Bertz CT molecular complexity index is 974. The van der Waals surface area contributed by atoms with E-state index in [0.717, 1.165) is 12.0 Å². The Morgan fingerprint density at radius 2 is 1.62 bits per heavy atom. The van der Waals surface area contributed by atoms with Gasteiger partial charge in [0.15, 0.2) is 17.2 Å². The van der Waals surface area contributed by atoms with Gasteiger partial charge in [0, 0.05) is 19.5 Å². The number of aryl methyl sites for hydroxylation is 1. The van der Waals surface area contributed by atoms with Crippen molar-refractivity contribution >= 4 is 11.8 Å². The smallest absolute Gasteiger partial charge is 0.335 e. The van der Waals surface area contributed by atoms with Crippen LogP contribution in [0.5, 0.6) is 5.75 Å².